The number of hydrogen-bond donors (Lipinski definition) is 1. The summed E-state index contributed by atoms with van der Waals surface area (Å²) >= 11 is 0. The monoisotopic (exact) mass is 362 g/mol. The van der Waals surface area contributed by atoms with E-state index in [1.54, 1.807) is 35.1 Å². The van der Waals surface area contributed by atoms with Crippen molar-refractivity contribution in [3.63, 3.8) is 0 Å². The molecule has 134 valence electrons. The molecule has 0 spiro atoms. The lowest BCUT2D eigenvalue weighted by Crippen LogP contribution is -2.52. The van der Waals surface area contributed by atoms with Crippen LogP contribution in [0.2, 0.25) is 0 Å². The molecule has 2 aliphatic heterocycles. The molecule has 1 saturated heterocycles. The smallest absolute Gasteiger partial charge is 0.255 e. The maximum Gasteiger partial charge on any atom is 0.255 e. The van der Waals surface area contributed by atoms with Crippen molar-refractivity contribution in [2.24, 2.45) is 0 Å². The van der Waals surface area contributed by atoms with Crippen LogP contribution in [0.25, 0.3) is 17.2 Å². The molecule has 1 unspecified atom stereocenters. The summed E-state index contributed by atoms with van der Waals surface area (Å²) in [7, 11) is 0. The lowest BCUT2D eigenvalue weighted by Gasteiger charge is -2.29. The largest absolute Gasteiger partial charge is 0.322 e. The molecule has 1 N–H and O–H groups in total. The second kappa shape index (κ2) is 5.70. The molecule has 27 heavy (non-hydrogen) atoms. The van der Waals surface area contributed by atoms with Crippen molar-refractivity contribution in [2.45, 2.75) is 25.4 Å². The minimum absolute atomic E-state index is 0.219. The molecule has 0 radical (unpaired) electrons. The Morgan fingerprint density at radius 2 is 1.96 bits per heavy atom. The van der Waals surface area contributed by atoms with Crippen LogP contribution >= 0.6 is 0 Å². The molecular weight excluding hydrogens is 348 g/mol. The quantitative estimate of drug-likeness (QED) is 0.667. The second-order valence-corrected chi connectivity index (χ2v) is 6.53. The van der Waals surface area contributed by atoms with Crippen LogP contribution in [0, 0.1) is 0 Å². The Balaban J connectivity index is 1.54. The minimum Gasteiger partial charge on any atom is -0.322 e. The topological polar surface area (TPSA) is 110 Å². The predicted octanol–water partition coefficient (Wildman–Crippen LogP) is 0.552. The Bertz CT molecular complexity index is 1090. The highest BCUT2D eigenvalue weighted by Crippen LogP contribution is 2.33. The molecule has 4 heterocycles. The molecule has 2 aliphatic rings. The van der Waals surface area contributed by atoms with Crippen LogP contribution < -0.4 is 5.32 Å². The van der Waals surface area contributed by atoms with E-state index in [-0.39, 0.29) is 24.8 Å². The number of piperidine rings is 1. The Morgan fingerprint density at radius 3 is 2.78 bits per heavy atom. The van der Waals surface area contributed by atoms with Crippen molar-refractivity contribution in [3.05, 3.63) is 47.8 Å². The summed E-state index contributed by atoms with van der Waals surface area (Å²) in [6.45, 7) is 0.277. The van der Waals surface area contributed by atoms with E-state index in [9.17, 15) is 14.4 Å². The molecule has 0 aliphatic carbocycles. The van der Waals surface area contributed by atoms with Crippen LogP contribution in [0.15, 0.2) is 36.7 Å². The molecule has 9 nitrogen and oxygen atoms in total. The molecule has 0 saturated carbocycles. The van der Waals surface area contributed by atoms with E-state index in [2.05, 4.69) is 20.4 Å². The van der Waals surface area contributed by atoms with E-state index < -0.39 is 11.9 Å². The van der Waals surface area contributed by atoms with E-state index in [4.69, 9.17) is 0 Å². The zero-order valence-corrected chi connectivity index (χ0v) is 14.1. The summed E-state index contributed by atoms with van der Waals surface area (Å²) in [4.78, 5) is 46.6. The van der Waals surface area contributed by atoms with E-state index >= 15 is 0 Å². The first kappa shape index (κ1) is 15.6. The van der Waals surface area contributed by atoms with E-state index in [0.29, 0.717) is 23.6 Å². The molecule has 1 aromatic carbocycles. The average molecular weight is 362 g/mol. The molecule has 1 atom stereocenters. The SMILES string of the molecule is O=C1CCC(N2Cc3c(cccc3-c3nc4ncccn4n3)C2=O)C(=O)N1. The van der Waals surface area contributed by atoms with Gasteiger partial charge in [-0.2, -0.15) is 4.98 Å². The van der Waals surface area contributed by atoms with Crippen molar-refractivity contribution in [3.8, 4) is 11.4 Å². The molecule has 3 amide bonds. The maximum absolute atomic E-state index is 12.9. The fraction of sp³-hybridized carbons (Fsp3) is 0.222. The summed E-state index contributed by atoms with van der Waals surface area (Å²) in [6.07, 6.45) is 3.94. The van der Waals surface area contributed by atoms with Crippen molar-refractivity contribution in [1.82, 2.24) is 29.8 Å². The first-order valence-electron chi connectivity index (χ1n) is 8.56. The Morgan fingerprint density at radius 1 is 1.11 bits per heavy atom. The Labute approximate surface area is 153 Å². The third-order valence-corrected chi connectivity index (χ3v) is 4.94. The van der Waals surface area contributed by atoms with Gasteiger partial charge in [0.15, 0.2) is 5.82 Å². The number of amides is 3. The highest BCUT2D eigenvalue weighted by Gasteiger charge is 2.40. The molecule has 9 heteroatoms. The second-order valence-electron chi connectivity index (χ2n) is 6.53. The van der Waals surface area contributed by atoms with Gasteiger partial charge >= 0.3 is 0 Å². The standard InChI is InChI=1S/C18H14N6O3/c25-14-6-5-13(16(26)20-14)23-9-12-10(3-1-4-11(12)17(23)27)15-21-18-19-7-2-8-24(18)22-15/h1-4,7-8,13H,5-6,9H2,(H,20,25,26). The summed E-state index contributed by atoms with van der Waals surface area (Å²) in [6, 6.07) is 6.48. The van der Waals surface area contributed by atoms with Crippen molar-refractivity contribution >= 4 is 23.5 Å². The third-order valence-electron chi connectivity index (χ3n) is 4.94. The summed E-state index contributed by atoms with van der Waals surface area (Å²) < 4.78 is 1.57. The first-order chi connectivity index (χ1) is 13.1. The van der Waals surface area contributed by atoms with Gasteiger partial charge in [0.05, 0.1) is 0 Å². The molecular formula is C18H14N6O3. The van der Waals surface area contributed by atoms with Crippen molar-refractivity contribution in [2.75, 3.05) is 0 Å². The van der Waals surface area contributed by atoms with Crippen molar-refractivity contribution in [1.29, 1.82) is 0 Å². The van der Waals surface area contributed by atoms with Gasteiger partial charge < -0.3 is 4.90 Å². The number of rotatable bonds is 2. The van der Waals surface area contributed by atoms with Crippen LogP contribution in [-0.4, -0.2) is 48.2 Å². The van der Waals surface area contributed by atoms with Gasteiger partial charge in [-0.05, 0) is 24.1 Å². The van der Waals surface area contributed by atoms with Gasteiger partial charge in [-0.15, -0.1) is 5.10 Å². The zero-order valence-electron chi connectivity index (χ0n) is 14.1. The zero-order chi connectivity index (χ0) is 18.5. The summed E-state index contributed by atoms with van der Waals surface area (Å²) in [5, 5.41) is 6.75. The van der Waals surface area contributed by atoms with Gasteiger partial charge in [-0.25, -0.2) is 9.50 Å². The molecule has 2 aromatic heterocycles. The Kier molecular flexibility index (Phi) is 3.30. The van der Waals surface area contributed by atoms with E-state index in [1.165, 1.54) is 4.90 Å². The lowest BCUT2D eigenvalue weighted by molar-refractivity contribution is -0.136. The van der Waals surface area contributed by atoms with E-state index in [0.717, 1.165) is 11.1 Å². The number of carbonyl (C=O) groups is 3. The first-order valence-corrected chi connectivity index (χ1v) is 8.56. The summed E-state index contributed by atoms with van der Waals surface area (Å²) in [5.74, 6) is -0.00493. The van der Waals surface area contributed by atoms with Crippen LogP contribution in [0.4, 0.5) is 0 Å². The van der Waals surface area contributed by atoms with Gasteiger partial charge in [0.25, 0.3) is 11.7 Å². The fourth-order valence-electron chi connectivity index (χ4n) is 3.64. The highest BCUT2D eigenvalue weighted by atomic mass is 16.2. The normalized spacial score (nSPS) is 19.5. The average Bonchev–Trinajstić information content (AvgIpc) is 3.23. The lowest BCUT2D eigenvalue weighted by atomic mass is 10.0. The molecule has 3 aromatic rings. The maximum atomic E-state index is 12.9. The molecule has 1 fully saturated rings. The fourth-order valence-corrected chi connectivity index (χ4v) is 3.64. The van der Waals surface area contributed by atoms with Crippen LogP contribution in [0.3, 0.4) is 0 Å². The number of fused-ring (bicyclic) bond motifs is 2. The molecule has 0 bridgehead atoms. The number of nitrogens with zero attached hydrogens (tertiary/aromatic N) is 5. The number of benzene rings is 1. The van der Waals surface area contributed by atoms with Gasteiger partial charge in [-0.1, -0.05) is 12.1 Å². The number of carbonyl (C=O) groups excluding carboxylic acids is 3. The van der Waals surface area contributed by atoms with Gasteiger partial charge in [-0.3, -0.25) is 19.7 Å². The predicted molar refractivity (Wildman–Crippen MR) is 92.3 cm³/mol. The highest BCUT2D eigenvalue weighted by molar-refractivity contribution is 6.06. The number of aromatic nitrogens is 4. The number of nitrogens with one attached hydrogen (secondary N) is 1. The van der Waals surface area contributed by atoms with Crippen molar-refractivity contribution < 1.29 is 14.4 Å². The summed E-state index contributed by atoms with van der Waals surface area (Å²) in [5.41, 5.74) is 2.05. The minimum atomic E-state index is -0.647. The molecule has 5 rings (SSSR count). The third kappa shape index (κ3) is 2.39. The number of imide groups is 1. The number of hydrogen-bond acceptors (Lipinski definition) is 6. The van der Waals surface area contributed by atoms with Crippen LogP contribution in [-0.2, 0) is 16.1 Å². The van der Waals surface area contributed by atoms with Crippen LogP contribution in [0.1, 0.15) is 28.8 Å². The van der Waals surface area contributed by atoms with Gasteiger partial charge in [0.1, 0.15) is 6.04 Å². The van der Waals surface area contributed by atoms with Gasteiger partial charge in [0.2, 0.25) is 11.8 Å². The Hall–Kier alpha value is -3.62. The van der Waals surface area contributed by atoms with Crippen LogP contribution in [0.5, 0.6) is 0 Å². The van der Waals surface area contributed by atoms with E-state index in [1.807, 2.05) is 6.07 Å². The van der Waals surface area contributed by atoms with Gasteiger partial charge in [0, 0.05) is 36.5 Å².